The SMILES string of the molecule is CC#CCN1Cc2ncc(-c3nc(C#N)ccc3-c3cnn(CC4(C)CCCC4)c3)cc2C1=O. The monoisotopic (exact) mass is 450 g/mol. The third-order valence-corrected chi connectivity index (χ3v) is 6.86. The molecule has 3 aromatic rings. The highest BCUT2D eigenvalue weighted by Gasteiger charge is 2.30. The first-order chi connectivity index (χ1) is 16.5. The Morgan fingerprint density at radius 3 is 2.74 bits per heavy atom. The zero-order valence-corrected chi connectivity index (χ0v) is 19.5. The van der Waals surface area contributed by atoms with Crippen molar-refractivity contribution in [3.05, 3.63) is 53.7 Å². The van der Waals surface area contributed by atoms with E-state index in [0.29, 0.717) is 35.6 Å². The predicted molar refractivity (Wildman–Crippen MR) is 128 cm³/mol. The molecule has 1 aliphatic heterocycles. The topological polar surface area (TPSA) is 87.7 Å². The van der Waals surface area contributed by atoms with E-state index in [1.807, 2.05) is 29.2 Å². The van der Waals surface area contributed by atoms with Gasteiger partial charge in [0.15, 0.2) is 0 Å². The molecule has 0 spiro atoms. The van der Waals surface area contributed by atoms with Crippen LogP contribution in [0.2, 0.25) is 0 Å². The maximum atomic E-state index is 12.9. The van der Waals surface area contributed by atoms with E-state index in [4.69, 9.17) is 0 Å². The van der Waals surface area contributed by atoms with Gasteiger partial charge in [0.05, 0.1) is 36.2 Å². The minimum Gasteiger partial charge on any atom is -0.322 e. The van der Waals surface area contributed by atoms with Gasteiger partial charge in [-0.05, 0) is 43.4 Å². The number of rotatable bonds is 5. The maximum absolute atomic E-state index is 12.9. The van der Waals surface area contributed by atoms with Gasteiger partial charge in [-0.3, -0.25) is 14.5 Å². The molecule has 34 heavy (non-hydrogen) atoms. The number of nitrogens with zero attached hydrogens (tertiary/aromatic N) is 6. The average Bonchev–Trinajstić information content (AvgIpc) is 3.57. The summed E-state index contributed by atoms with van der Waals surface area (Å²) in [4.78, 5) is 23.7. The van der Waals surface area contributed by atoms with E-state index in [0.717, 1.165) is 23.4 Å². The van der Waals surface area contributed by atoms with Gasteiger partial charge in [-0.25, -0.2) is 4.98 Å². The minimum absolute atomic E-state index is 0.0808. The highest BCUT2D eigenvalue weighted by molar-refractivity contribution is 5.99. The zero-order chi connectivity index (χ0) is 23.7. The zero-order valence-electron chi connectivity index (χ0n) is 19.5. The number of pyridine rings is 2. The van der Waals surface area contributed by atoms with Crippen molar-refractivity contribution in [2.45, 2.75) is 52.6 Å². The first kappa shape index (κ1) is 21.9. The molecule has 0 bridgehead atoms. The Kier molecular flexibility index (Phi) is 5.63. The van der Waals surface area contributed by atoms with E-state index >= 15 is 0 Å². The molecule has 5 rings (SSSR count). The van der Waals surface area contributed by atoms with Crippen LogP contribution in [-0.4, -0.2) is 37.1 Å². The summed E-state index contributed by atoms with van der Waals surface area (Å²) in [6, 6.07) is 7.57. The molecule has 1 fully saturated rings. The number of carbonyl (C=O) groups is 1. The normalized spacial score (nSPS) is 16.1. The van der Waals surface area contributed by atoms with Crippen LogP contribution in [0.3, 0.4) is 0 Å². The van der Waals surface area contributed by atoms with Crippen LogP contribution in [0.5, 0.6) is 0 Å². The second-order valence-corrected chi connectivity index (χ2v) is 9.46. The van der Waals surface area contributed by atoms with Crippen LogP contribution in [0.25, 0.3) is 22.4 Å². The predicted octanol–water partition coefficient (Wildman–Crippen LogP) is 4.44. The van der Waals surface area contributed by atoms with Gasteiger partial charge in [-0.15, -0.1) is 5.92 Å². The Morgan fingerprint density at radius 1 is 1.15 bits per heavy atom. The van der Waals surface area contributed by atoms with E-state index in [9.17, 15) is 10.1 Å². The molecule has 1 saturated carbocycles. The molecule has 0 unspecified atom stereocenters. The molecule has 7 nitrogen and oxygen atoms in total. The van der Waals surface area contributed by atoms with E-state index in [1.165, 1.54) is 25.7 Å². The molecule has 0 N–H and O–H groups in total. The van der Waals surface area contributed by atoms with Crippen LogP contribution < -0.4 is 0 Å². The summed E-state index contributed by atoms with van der Waals surface area (Å²) in [5, 5.41) is 14.1. The molecule has 0 radical (unpaired) electrons. The molecule has 1 amide bonds. The Labute approximate surface area is 199 Å². The van der Waals surface area contributed by atoms with Crippen molar-refractivity contribution in [1.29, 1.82) is 5.26 Å². The second kappa shape index (κ2) is 8.76. The third kappa shape index (κ3) is 4.06. The lowest BCUT2D eigenvalue weighted by molar-refractivity contribution is 0.0798. The number of hydrogen-bond donors (Lipinski definition) is 0. The van der Waals surface area contributed by atoms with Gasteiger partial charge in [-0.2, -0.15) is 10.4 Å². The maximum Gasteiger partial charge on any atom is 0.256 e. The van der Waals surface area contributed by atoms with Gasteiger partial charge in [0.25, 0.3) is 5.91 Å². The lowest BCUT2D eigenvalue weighted by Crippen LogP contribution is -2.24. The van der Waals surface area contributed by atoms with E-state index < -0.39 is 0 Å². The lowest BCUT2D eigenvalue weighted by Gasteiger charge is -2.22. The Bertz CT molecular complexity index is 1360. The smallest absolute Gasteiger partial charge is 0.256 e. The van der Waals surface area contributed by atoms with Crippen molar-refractivity contribution in [1.82, 2.24) is 24.6 Å². The van der Waals surface area contributed by atoms with Gasteiger partial charge in [0.1, 0.15) is 11.8 Å². The van der Waals surface area contributed by atoms with Crippen LogP contribution in [0.15, 0.2) is 36.8 Å². The number of nitriles is 1. The fourth-order valence-corrected chi connectivity index (χ4v) is 5.00. The van der Waals surface area contributed by atoms with Crippen molar-refractivity contribution >= 4 is 5.91 Å². The highest BCUT2D eigenvalue weighted by atomic mass is 16.2. The van der Waals surface area contributed by atoms with Crippen LogP contribution in [0, 0.1) is 28.6 Å². The average molecular weight is 451 g/mol. The molecule has 7 heteroatoms. The molecule has 0 atom stereocenters. The number of aromatic nitrogens is 4. The van der Waals surface area contributed by atoms with E-state index in [-0.39, 0.29) is 11.3 Å². The van der Waals surface area contributed by atoms with Crippen LogP contribution in [0.4, 0.5) is 0 Å². The summed E-state index contributed by atoms with van der Waals surface area (Å²) in [5.41, 5.74) is 5.03. The summed E-state index contributed by atoms with van der Waals surface area (Å²) in [7, 11) is 0. The summed E-state index contributed by atoms with van der Waals surface area (Å²) < 4.78 is 2.01. The van der Waals surface area contributed by atoms with Gasteiger partial charge < -0.3 is 4.90 Å². The Hall–Kier alpha value is -3.97. The fraction of sp³-hybridized carbons (Fsp3) is 0.370. The van der Waals surface area contributed by atoms with Gasteiger partial charge in [0, 0.05) is 35.6 Å². The van der Waals surface area contributed by atoms with Gasteiger partial charge in [-0.1, -0.05) is 25.7 Å². The fourth-order valence-electron chi connectivity index (χ4n) is 5.00. The second-order valence-electron chi connectivity index (χ2n) is 9.46. The standard InChI is InChI=1S/C27H26N6O/c1-3-4-11-32-17-24-23(26(32)34)12-19(14-29-24)25-22(8-7-21(13-28)31-25)20-15-30-33(16-20)18-27(2)9-5-6-10-27/h7-8,12,14-16H,5-6,9-11,17-18H2,1-2H3. The number of fused-ring (bicyclic) bond motifs is 1. The summed E-state index contributed by atoms with van der Waals surface area (Å²) in [6.07, 6.45) is 10.6. The summed E-state index contributed by atoms with van der Waals surface area (Å²) in [6.45, 7) is 5.81. The third-order valence-electron chi connectivity index (χ3n) is 6.86. The Morgan fingerprint density at radius 2 is 1.97 bits per heavy atom. The van der Waals surface area contributed by atoms with Crippen molar-refractivity contribution in [3.63, 3.8) is 0 Å². The van der Waals surface area contributed by atoms with Crippen LogP contribution >= 0.6 is 0 Å². The molecule has 0 aromatic carbocycles. The van der Waals surface area contributed by atoms with Crippen molar-refractivity contribution < 1.29 is 4.79 Å². The van der Waals surface area contributed by atoms with E-state index in [2.05, 4.69) is 39.9 Å². The largest absolute Gasteiger partial charge is 0.322 e. The molecule has 3 aromatic heterocycles. The minimum atomic E-state index is -0.0808. The van der Waals surface area contributed by atoms with Gasteiger partial charge >= 0.3 is 0 Å². The summed E-state index contributed by atoms with van der Waals surface area (Å²) in [5.74, 6) is 5.70. The molecule has 170 valence electrons. The number of hydrogen-bond acceptors (Lipinski definition) is 5. The first-order valence-electron chi connectivity index (χ1n) is 11.6. The number of carbonyl (C=O) groups excluding carboxylic acids is 1. The molecule has 4 heterocycles. The van der Waals surface area contributed by atoms with Crippen molar-refractivity contribution in [2.75, 3.05) is 6.54 Å². The van der Waals surface area contributed by atoms with Crippen LogP contribution in [-0.2, 0) is 13.1 Å². The Balaban J connectivity index is 1.50. The molecular formula is C27H26N6O. The van der Waals surface area contributed by atoms with Crippen molar-refractivity contribution in [3.8, 4) is 40.3 Å². The molecular weight excluding hydrogens is 424 g/mol. The van der Waals surface area contributed by atoms with E-state index in [1.54, 1.807) is 24.1 Å². The van der Waals surface area contributed by atoms with Crippen molar-refractivity contribution in [2.24, 2.45) is 5.41 Å². The quantitative estimate of drug-likeness (QED) is 0.537. The van der Waals surface area contributed by atoms with Gasteiger partial charge in [0.2, 0.25) is 0 Å². The summed E-state index contributed by atoms with van der Waals surface area (Å²) >= 11 is 0. The number of amides is 1. The van der Waals surface area contributed by atoms with Crippen LogP contribution in [0.1, 0.15) is 61.3 Å². The lowest BCUT2D eigenvalue weighted by atomic mass is 9.89. The molecule has 2 aliphatic rings. The molecule has 0 saturated heterocycles. The molecule has 1 aliphatic carbocycles. The first-order valence-corrected chi connectivity index (χ1v) is 11.6. The highest BCUT2D eigenvalue weighted by Crippen LogP contribution is 2.39.